The van der Waals surface area contributed by atoms with Gasteiger partial charge in [-0.3, -0.25) is 0 Å². The first kappa shape index (κ1) is 15.8. The van der Waals surface area contributed by atoms with Crippen molar-refractivity contribution in [3.05, 3.63) is 82.9 Å². The highest BCUT2D eigenvalue weighted by Crippen LogP contribution is 2.41. The van der Waals surface area contributed by atoms with Gasteiger partial charge in [0.25, 0.3) is 0 Å². The minimum absolute atomic E-state index is 0.318. The van der Waals surface area contributed by atoms with Gasteiger partial charge in [0.15, 0.2) is 11.5 Å². The zero-order chi connectivity index (χ0) is 17.5. The first-order chi connectivity index (χ1) is 12.8. The lowest BCUT2D eigenvalue weighted by atomic mass is 9.90. The van der Waals surface area contributed by atoms with Crippen LogP contribution in [-0.2, 0) is 6.42 Å². The van der Waals surface area contributed by atoms with Gasteiger partial charge < -0.3 is 9.47 Å². The summed E-state index contributed by atoms with van der Waals surface area (Å²) in [6, 6.07) is 21.9. The highest BCUT2D eigenvalue weighted by atomic mass is 32.2. The van der Waals surface area contributed by atoms with E-state index in [1.54, 1.807) is 0 Å². The largest absolute Gasteiger partial charge is 0.486 e. The molecule has 3 heteroatoms. The lowest BCUT2D eigenvalue weighted by Crippen LogP contribution is -2.15. The van der Waals surface area contributed by atoms with Crippen molar-refractivity contribution in [2.24, 2.45) is 0 Å². The van der Waals surface area contributed by atoms with Crippen molar-refractivity contribution >= 4 is 11.8 Å². The summed E-state index contributed by atoms with van der Waals surface area (Å²) in [4.78, 5) is 2.76. The molecule has 2 aliphatic heterocycles. The maximum atomic E-state index is 5.75. The van der Waals surface area contributed by atoms with Crippen LogP contribution in [0.5, 0.6) is 11.5 Å². The molecule has 2 aliphatic rings. The van der Waals surface area contributed by atoms with Gasteiger partial charge in [-0.05, 0) is 52.9 Å². The van der Waals surface area contributed by atoms with E-state index in [1.165, 1.54) is 32.0 Å². The average Bonchev–Trinajstić information content (AvgIpc) is 2.71. The average molecular weight is 360 g/mol. The number of benzene rings is 3. The van der Waals surface area contributed by atoms with Gasteiger partial charge in [-0.2, -0.15) is 0 Å². The molecule has 0 saturated carbocycles. The van der Waals surface area contributed by atoms with Crippen LogP contribution in [0, 0.1) is 0 Å². The molecule has 0 fully saturated rings. The Balaban J connectivity index is 1.46. The second kappa shape index (κ2) is 6.40. The van der Waals surface area contributed by atoms with E-state index < -0.39 is 0 Å². The Hall–Kier alpha value is -2.39. The van der Waals surface area contributed by atoms with Crippen LogP contribution in [0.4, 0.5) is 0 Å². The SMILES string of the molecule is CC(c1ccc2c(c1)Cc1ccccc1S2)c1ccc2c(c1)OCCO2. The van der Waals surface area contributed by atoms with Crippen molar-refractivity contribution in [3.8, 4) is 11.5 Å². The maximum Gasteiger partial charge on any atom is 0.161 e. The Morgan fingerprint density at radius 3 is 2.42 bits per heavy atom. The van der Waals surface area contributed by atoms with Crippen molar-refractivity contribution in [1.29, 1.82) is 0 Å². The number of fused-ring (bicyclic) bond motifs is 3. The van der Waals surface area contributed by atoms with E-state index in [0.717, 1.165) is 17.9 Å². The van der Waals surface area contributed by atoms with E-state index >= 15 is 0 Å². The predicted molar refractivity (Wildman–Crippen MR) is 105 cm³/mol. The lowest BCUT2D eigenvalue weighted by molar-refractivity contribution is 0.171. The third kappa shape index (κ3) is 2.77. The minimum atomic E-state index is 0.318. The lowest BCUT2D eigenvalue weighted by Gasteiger charge is -2.23. The van der Waals surface area contributed by atoms with Crippen LogP contribution < -0.4 is 9.47 Å². The van der Waals surface area contributed by atoms with Gasteiger partial charge >= 0.3 is 0 Å². The van der Waals surface area contributed by atoms with Gasteiger partial charge in [-0.15, -0.1) is 0 Å². The van der Waals surface area contributed by atoms with Gasteiger partial charge in [0.05, 0.1) is 0 Å². The summed E-state index contributed by atoms with van der Waals surface area (Å²) in [6.45, 7) is 3.52. The fourth-order valence-corrected chi connectivity index (χ4v) is 4.75. The molecule has 0 saturated heterocycles. The Morgan fingerprint density at radius 1 is 0.769 bits per heavy atom. The van der Waals surface area contributed by atoms with E-state index in [2.05, 4.69) is 61.5 Å². The van der Waals surface area contributed by atoms with E-state index in [9.17, 15) is 0 Å². The molecule has 0 bridgehead atoms. The third-order valence-electron chi connectivity index (χ3n) is 5.22. The van der Waals surface area contributed by atoms with Gasteiger partial charge in [0, 0.05) is 15.7 Å². The minimum Gasteiger partial charge on any atom is -0.486 e. The van der Waals surface area contributed by atoms with Crippen molar-refractivity contribution in [2.45, 2.75) is 29.1 Å². The predicted octanol–water partition coefficient (Wildman–Crippen LogP) is 5.67. The summed E-state index contributed by atoms with van der Waals surface area (Å²) in [5, 5.41) is 0. The zero-order valence-corrected chi connectivity index (χ0v) is 15.5. The molecule has 3 aromatic rings. The van der Waals surface area contributed by atoms with Crippen LogP contribution in [0.25, 0.3) is 0 Å². The Bertz CT molecular complexity index is 980. The monoisotopic (exact) mass is 360 g/mol. The van der Waals surface area contributed by atoms with Gasteiger partial charge in [-0.25, -0.2) is 0 Å². The highest BCUT2D eigenvalue weighted by molar-refractivity contribution is 7.99. The molecule has 0 radical (unpaired) electrons. The molecule has 1 atom stereocenters. The van der Waals surface area contributed by atoms with Crippen molar-refractivity contribution in [3.63, 3.8) is 0 Å². The molecular formula is C23H20O2S. The molecule has 1 unspecified atom stereocenters. The number of ether oxygens (including phenoxy) is 2. The number of rotatable bonds is 2. The third-order valence-corrected chi connectivity index (χ3v) is 6.46. The molecule has 130 valence electrons. The van der Waals surface area contributed by atoms with Crippen LogP contribution >= 0.6 is 11.8 Å². The zero-order valence-electron chi connectivity index (χ0n) is 14.7. The molecule has 3 aromatic carbocycles. The summed E-state index contributed by atoms with van der Waals surface area (Å²) in [7, 11) is 0. The molecule has 0 aromatic heterocycles. The Kier molecular flexibility index (Phi) is 3.90. The van der Waals surface area contributed by atoms with Crippen LogP contribution in [-0.4, -0.2) is 13.2 Å². The molecule has 5 rings (SSSR count). The van der Waals surface area contributed by atoms with Crippen LogP contribution in [0.2, 0.25) is 0 Å². The Labute approximate surface area is 158 Å². The molecule has 0 spiro atoms. The molecule has 2 heterocycles. The van der Waals surface area contributed by atoms with E-state index in [1.807, 2.05) is 17.8 Å². The van der Waals surface area contributed by atoms with Crippen molar-refractivity contribution in [2.75, 3.05) is 13.2 Å². The van der Waals surface area contributed by atoms with Gasteiger partial charge in [-0.1, -0.05) is 55.1 Å². The quantitative estimate of drug-likeness (QED) is 0.459. The van der Waals surface area contributed by atoms with Crippen molar-refractivity contribution < 1.29 is 9.47 Å². The smallest absolute Gasteiger partial charge is 0.161 e. The first-order valence-corrected chi connectivity index (χ1v) is 9.88. The molecule has 2 nitrogen and oxygen atoms in total. The van der Waals surface area contributed by atoms with E-state index in [-0.39, 0.29) is 0 Å². The summed E-state index contributed by atoms with van der Waals surface area (Å²) in [6.07, 6.45) is 1.01. The molecule has 0 aliphatic carbocycles. The van der Waals surface area contributed by atoms with Crippen LogP contribution in [0.3, 0.4) is 0 Å². The second-order valence-corrected chi connectivity index (χ2v) is 7.96. The molecule has 0 N–H and O–H groups in total. The fraction of sp³-hybridized carbons (Fsp3) is 0.217. The Morgan fingerprint density at radius 2 is 1.50 bits per heavy atom. The normalized spacial score (nSPS) is 15.7. The van der Waals surface area contributed by atoms with E-state index in [4.69, 9.17) is 9.47 Å². The van der Waals surface area contributed by atoms with Gasteiger partial charge in [0.1, 0.15) is 13.2 Å². The van der Waals surface area contributed by atoms with Crippen LogP contribution in [0.1, 0.15) is 35.1 Å². The summed E-state index contributed by atoms with van der Waals surface area (Å²) in [5.41, 5.74) is 5.46. The van der Waals surface area contributed by atoms with Crippen molar-refractivity contribution in [1.82, 2.24) is 0 Å². The standard InChI is InChI=1S/C23H20O2S/c1-15(17-6-8-20-21(14-17)25-11-10-24-20)16-7-9-23-19(12-16)13-18-4-2-3-5-22(18)26-23/h2-9,12,14-15H,10-11,13H2,1H3. The van der Waals surface area contributed by atoms with E-state index in [0.29, 0.717) is 19.1 Å². The summed E-state index contributed by atoms with van der Waals surface area (Å²) in [5.74, 6) is 2.03. The highest BCUT2D eigenvalue weighted by Gasteiger charge is 2.19. The number of hydrogen-bond donors (Lipinski definition) is 0. The topological polar surface area (TPSA) is 18.5 Å². The molecule has 26 heavy (non-hydrogen) atoms. The maximum absolute atomic E-state index is 5.75. The van der Waals surface area contributed by atoms with Crippen LogP contribution in [0.15, 0.2) is 70.5 Å². The molecular weight excluding hydrogens is 340 g/mol. The fourth-order valence-electron chi connectivity index (χ4n) is 3.70. The number of hydrogen-bond acceptors (Lipinski definition) is 3. The second-order valence-electron chi connectivity index (χ2n) is 6.88. The summed E-state index contributed by atoms with van der Waals surface area (Å²) >= 11 is 1.88. The molecule has 0 amide bonds. The summed E-state index contributed by atoms with van der Waals surface area (Å²) < 4.78 is 11.4. The van der Waals surface area contributed by atoms with Gasteiger partial charge in [0.2, 0.25) is 0 Å². The first-order valence-electron chi connectivity index (χ1n) is 9.06.